The number of nitrogens with zero attached hydrogens (tertiary/aromatic N) is 4. The summed E-state index contributed by atoms with van der Waals surface area (Å²) in [6.07, 6.45) is 9.99. The van der Waals surface area contributed by atoms with Crippen molar-refractivity contribution in [2.45, 2.75) is 50.6 Å². The molecule has 9 nitrogen and oxygen atoms in total. The van der Waals surface area contributed by atoms with Crippen molar-refractivity contribution in [1.29, 1.82) is 0 Å². The zero-order chi connectivity index (χ0) is 24.9. The van der Waals surface area contributed by atoms with Crippen molar-refractivity contribution in [2.24, 2.45) is 5.92 Å². The summed E-state index contributed by atoms with van der Waals surface area (Å²) in [5, 5.41) is 9.77. The molecule has 0 radical (unpaired) electrons. The van der Waals surface area contributed by atoms with Gasteiger partial charge in [-0.2, -0.15) is 9.97 Å². The van der Waals surface area contributed by atoms with Crippen LogP contribution in [0.3, 0.4) is 0 Å². The third-order valence-electron chi connectivity index (χ3n) is 6.99. The quantitative estimate of drug-likeness (QED) is 0.414. The first-order chi connectivity index (χ1) is 17.6. The van der Waals surface area contributed by atoms with Crippen LogP contribution < -0.4 is 20.7 Å². The third-order valence-corrected chi connectivity index (χ3v) is 6.99. The van der Waals surface area contributed by atoms with Crippen molar-refractivity contribution >= 4 is 23.4 Å². The summed E-state index contributed by atoms with van der Waals surface area (Å²) in [7, 11) is 1.78. The van der Waals surface area contributed by atoms with Gasteiger partial charge in [-0.3, -0.25) is 4.79 Å². The number of benzene rings is 1. The lowest BCUT2D eigenvalue weighted by Crippen LogP contribution is -2.47. The molecular formula is C27H31N7O2. The lowest BCUT2D eigenvalue weighted by molar-refractivity contribution is -0.124. The molecule has 0 bridgehead atoms. The molecule has 2 aliphatic rings. The molecule has 2 aromatic heterocycles. The molecule has 2 atom stereocenters. The van der Waals surface area contributed by atoms with Gasteiger partial charge < -0.3 is 25.3 Å². The van der Waals surface area contributed by atoms with Gasteiger partial charge in [0.2, 0.25) is 11.9 Å². The Bertz CT molecular complexity index is 1250. The Balaban J connectivity index is 1.41. The second-order valence-corrected chi connectivity index (χ2v) is 9.33. The van der Waals surface area contributed by atoms with E-state index in [-0.39, 0.29) is 17.9 Å². The summed E-state index contributed by atoms with van der Waals surface area (Å²) >= 11 is 0. The predicted molar refractivity (Wildman–Crippen MR) is 139 cm³/mol. The number of anilines is 2. The summed E-state index contributed by atoms with van der Waals surface area (Å²) < 4.78 is 7.70. The first kappa shape index (κ1) is 23.7. The summed E-state index contributed by atoms with van der Waals surface area (Å²) in [6, 6.07) is 10.6. The van der Waals surface area contributed by atoms with Gasteiger partial charge >= 0.3 is 0 Å². The van der Waals surface area contributed by atoms with Gasteiger partial charge in [0.05, 0.1) is 19.2 Å². The first-order valence-corrected chi connectivity index (χ1v) is 12.6. The second kappa shape index (κ2) is 10.7. The summed E-state index contributed by atoms with van der Waals surface area (Å²) in [4.78, 5) is 26.4. The van der Waals surface area contributed by atoms with Crippen LogP contribution in [-0.4, -0.2) is 40.1 Å². The Kier molecular flexibility index (Phi) is 7.03. The van der Waals surface area contributed by atoms with Crippen LogP contribution in [0.4, 0.5) is 17.5 Å². The van der Waals surface area contributed by atoms with Crippen molar-refractivity contribution in [3.8, 4) is 11.6 Å². The Hall–Kier alpha value is -4.06. The van der Waals surface area contributed by atoms with Gasteiger partial charge in [0.15, 0.2) is 5.69 Å². The molecule has 9 heteroatoms. The highest BCUT2D eigenvalue weighted by molar-refractivity contribution is 5.85. The zero-order valence-corrected chi connectivity index (χ0v) is 20.4. The lowest BCUT2D eigenvalue weighted by Gasteiger charge is -2.33. The van der Waals surface area contributed by atoms with Gasteiger partial charge in [-0.15, -0.1) is 0 Å². The fourth-order valence-corrected chi connectivity index (χ4v) is 5.12. The van der Waals surface area contributed by atoms with Crippen molar-refractivity contribution in [1.82, 2.24) is 19.9 Å². The standard InChI is InChI=1S/C27H31N7O2/c1-28-19-10-11-20-21(12-15-36-22(20)16-19)30-26(35)25(18-8-4-3-5-9-18)31-23-17-24(33-27(29-2)32-23)34-13-6-7-14-34/h6-7,10-11,13-14,16-18,21,25H,3-5,8-9,12,15H2,2H3,(H,30,35)(H2,29,31,32,33). The van der Waals surface area contributed by atoms with Crippen LogP contribution in [0.15, 0.2) is 48.8 Å². The molecule has 3 heterocycles. The molecule has 3 aromatic rings. The number of carbonyl (C=O) groups is 1. The number of hydrogen-bond acceptors (Lipinski definition) is 6. The highest BCUT2D eigenvalue weighted by atomic mass is 16.5. The van der Waals surface area contributed by atoms with Crippen LogP contribution in [0.2, 0.25) is 0 Å². The molecule has 36 heavy (non-hydrogen) atoms. The zero-order valence-electron chi connectivity index (χ0n) is 20.4. The molecule has 186 valence electrons. The number of ether oxygens (including phenoxy) is 1. The van der Waals surface area contributed by atoms with E-state index in [1.807, 2.05) is 41.2 Å². The number of nitrogens with one attached hydrogen (secondary N) is 3. The van der Waals surface area contributed by atoms with Crippen LogP contribution in [0.25, 0.3) is 10.7 Å². The monoisotopic (exact) mass is 485 g/mol. The van der Waals surface area contributed by atoms with E-state index in [9.17, 15) is 4.79 Å². The molecule has 1 fully saturated rings. The Morgan fingerprint density at radius 3 is 2.69 bits per heavy atom. The summed E-state index contributed by atoms with van der Waals surface area (Å²) in [6.45, 7) is 7.76. The van der Waals surface area contributed by atoms with Gasteiger partial charge in [0.1, 0.15) is 23.4 Å². The van der Waals surface area contributed by atoms with Crippen LogP contribution in [0.5, 0.6) is 5.75 Å². The molecule has 1 aromatic carbocycles. The molecule has 1 saturated carbocycles. The highest BCUT2D eigenvalue weighted by Crippen LogP contribution is 2.36. The van der Waals surface area contributed by atoms with Crippen LogP contribution >= 0.6 is 0 Å². The third kappa shape index (κ3) is 5.13. The molecule has 5 rings (SSSR count). The minimum atomic E-state index is -0.420. The number of carbonyl (C=O) groups excluding carboxylic acids is 1. The maximum atomic E-state index is 13.8. The van der Waals surface area contributed by atoms with Gasteiger partial charge in [-0.05, 0) is 37.0 Å². The molecule has 2 unspecified atom stereocenters. The minimum absolute atomic E-state index is 0.0406. The van der Waals surface area contributed by atoms with E-state index >= 15 is 0 Å². The van der Waals surface area contributed by atoms with Crippen molar-refractivity contribution in [3.05, 3.63) is 65.8 Å². The lowest BCUT2D eigenvalue weighted by atomic mass is 9.83. The Morgan fingerprint density at radius 2 is 1.94 bits per heavy atom. The molecule has 0 saturated heterocycles. The highest BCUT2D eigenvalue weighted by Gasteiger charge is 2.33. The number of amides is 1. The number of hydrogen-bond donors (Lipinski definition) is 3. The minimum Gasteiger partial charge on any atom is -0.494 e. The van der Waals surface area contributed by atoms with E-state index in [4.69, 9.17) is 11.3 Å². The van der Waals surface area contributed by atoms with Gasteiger partial charge in [-0.25, -0.2) is 4.85 Å². The van der Waals surface area contributed by atoms with Crippen LogP contribution in [-0.2, 0) is 4.79 Å². The average Bonchev–Trinajstić information content (AvgIpc) is 3.47. The largest absolute Gasteiger partial charge is 0.494 e. The maximum Gasteiger partial charge on any atom is 0.243 e. The Labute approximate surface area is 211 Å². The topological polar surface area (TPSA) is 97.5 Å². The number of aromatic nitrogens is 3. The van der Waals surface area contributed by atoms with Crippen LogP contribution in [0, 0.1) is 12.5 Å². The van der Waals surface area contributed by atoms with Gasteiger partial charge in [0, 0.05) is 37.5 Å². The average molecular weight is 486 g/mol. The van der Waals surface area contributed by atoms with E-state index < -0.39 is 6.04 Å². The van der Waals surface area contributed by atoms with Crippen molar-refractivity contribution in [3.63, 3.8) is 0 Å². The summed E-state index contributed by atoms with van der Waals surface area (Å²) in [5.74, 6) is 2.66. The van der Waals surface area contributed by atoms with Gasteiger partial charge in [0.25, 0.3) is 0 Å². The molecule has 0 spiro atoms. The SMILES string of the molecule is [C-]#[N+]c1ccc2c(c1)OCCC2NC(=O)C(Nc1cc(-n2cccc2)nc(NC)n1)C1CCCCC1. The van der Waals surface area contributed by atoms with Crippen molar-refractivity contribution in [2.75, 3.05) is 24.3 Å². The molecular weight excluding hydrogens is 454 g/mol. The van der Waals surface area contributed by atoms with E-state index in [0.717, 1.165) is 37.1 Å². The van der Waals surface area contributed by atoms with E-state index in [2.05, 4.69) is 30.8 Å². The van der Waals surface area contributed by atoms with Crippen LogP contribution in [0.1, 0.15) is 50.1 Å². The molecule has 1 amide bonds. The number of fused-ring (bicyclic) bond motifs is 1. The predicted octanol–water partition coefficient (Wildman–Crippen LogP) is 4.86. The van der Waals surface area contributed by atoms with E-state index in [1.165, 1.54) is 6.42 Å². The van der Waals surface area contributed by atoms with E-state index in [0.29, 0.717) is 36.2 Å². The first-order valence-electron chi connectivity index (χ1n) is 12.6. The normalized spacial score (nSPS) is 18.3. The maximum absolute atomic E-state index is 13.8. The molecule has 1 aliphatic heterocycles. The second-order valence-electron chi connectivity index (χ2n) is 9.33. The van der Waals surface area contributed by atoms with E-state index in [1.54, 1.807) is 19.2 Å². The van der Waals surface area contributed by atoms with Crippen molar-refractivity contribution < 1.29 is 9.53 Å². The Morgan fingerprint density at radius 1 is 1.14 bits per heavy atom. The molecule has 3 N–H and O–H groups in total. The smallest absolute Gasteiger partial charge is 0.243 e. The fraction of sp³-hybridized carbons (Fsp3) is 0.407. The number of rotatable bonds is 7. The van der Waals surface area contributed by atoms with Gasteiger partial charge in [-0.1, -0.05) is 31.4 Å². The molecule has 1 aliphatic carbocycles. The summed E-state index contributed by atoms with van der Waals surface area (Å²) in [5.41, 5.74) is 1.45. The fourth-order valence-electron chi connectivity index (χ4n) is 5.12.